The molecule has 2 N–H and O–H groups in total. The minimum absolute atomic E-state index is 0.116. The third-order valence-corrected chi connectivity index (χ3v) is 2.36. The van der Waals surface area contributed by atoms with Crippen LogP contribution in [0.25, 0.3) is 0 Å². The first-order chi connectivity index (χ1) is 7.49. The van der Waals surface area contributed by atoms with Gasteiger partial charge in [0.1, 0.15) is 0 Å². The van der Waals surface area contributed by atoms with Gasteiger partial charge in [-0.3, -0.25) is 0 Å². The van der Waals surface area contributed by atoms with Crippen molar-refractivity contribution in [2.45, 2.75) is 40.3 Å². The third kappa shape index (κ3) is 3.93. The highest BCUT2D eigenvalue weighted by molar-refractivity contribution is 5.74. The summed E-state index contributed by atoms with van der Waals surface area (Å²) < 4.78 is 0. The summed E-state index contributed by atoms with van der Waals surface area (Å²) in [7, 11) is 0. The number of nitrogens with one attached hydrogen (secondary N) is 2. The SMILES string of the molecule is Cc1ccc(CNC(=O)NC(C)C)c(C)c1. The van der Waals surface area contributed by atoms with E-state index in [4.69, 9.17) is 0 Å². The summed E-state index contributed by atoms with van der Waals surface area (Å²) in [4.78, 5) is 11.4. The van der Waals surface area contributed by atoms with E-state index in [-0.39, 0.29) is 12.1 Å². The fourth-order valence-electron chi connectivity index (χ4n) is 1.53. The third-order valence-electron chi connectivity index (χ3n) is 2.36. The molecule has 0 aliphatic rings. The van der Waals surface area contributed by atoms with Crippen LogP contribution in [0.4, 0.5) is 4.79 Å². The summed E-state index contributed by atoms with van der Waals surface area (Å²) in [5.41, 5.74) is 3.61. The summed E-state index contributed by atoms with van der Waals surface area (Å²) in [6.45, 7) is 8.58. The molecule has 3 heteroatoms. The molecule has 0 unspecified atom stereocenters. The van der Waals surface area contributed by atoms with Crippen LogP contribution in [0.5, 0.6) is 0 Å². The second kappa shape index (κ2) is 5.54. The molecule has 2 amide bonds. The monoisotopic (exact) mass is 220 g/mol. The standard InChI is InChI=1S/C13H20N2O/c1-9(2)15-13(16)14-8-12-6-5-10(3)7-11(12)4/h5-7,9H,8H2,1-4H3,(H2,14,15,16). The van der Waals surface area contributed by atoms with Crippen molar-refractivity contribution in [3.63, 3.8) is 0 Å². The lowest BCUT2D eigenvalue weighted by Crippen LogP contribution is -2.39. The molecule has 0 aliphatic heterocycles. The zero-order chi connectivity index (χ0) is 12.1. The number of urea groups is 1. The Morgan fingerprint density at radius 2 is 2.00 bits per heavy atom. The number of rotatable bonds is 3. The van der Waals surface area contributed by atoms with E-state index < -0.39 is 0 Å². The summed E-state index contributed by atoms with van der Waals surface area (Å²) in [5.74, 6) is 0. The fraction of sp³-hybridized carbons (Fsp3) is 0.462. The molecule has 0 aliphatic carbocycles. The van der Waals surface area contributed by atoms with Gasteiger partial charge >= 0.3 is 6.03 Å². The largest absolute Gasteiger partial charge is 0.336 e. The predicted octanol–water partition coefficient (Wildman–Crippen LogP) is 2.51. The van der Waals surface area contributed by atoms with Crippen LogP contribution >= 0.6 is 0 Å². The minimum Gasteiger partial charge on any atom is -0.336 e. The Balaban J connectivity index is 2.51. The van der Waals surface area contributed by atoms with Gasteiger partial charge in [-0.1, -0.05) is 23.8 Å². The lowest BCUT2D eigenvalue weighted by molar-refractivity contribution is 0.238. The van der Waals surface area contributed by atoms with E-state index in [0.29, 0.717) is 6.54 Å². The van der Waals surface area contributed by atoms with Crippen molar-refractivity contribution >= 4 is 6.03 Å². The van der Waals surface area contributed by atoms with Crippen molar-refractivity contribution in [3.8, 4) is 0 Å². The maximum atomic E-state index is 11.4. The van der Waals surface area contributed by atoms with Crippen molar-refractivity contribution in [1.82, 2.24) is 10.6 Å². The molecule has 0 heterocycles. The van der Waals surface area contributed by atoms with E-state index in [1.807, 2.05) is 13.8 Å². The topological polar surface area (TPSA) is 41.1 Å². The van der Waals surface area contributed by atoms with E-state index in [0.717, 1.165) is 5.56 Å². The van der Waals surface area contributed by atoms with Crippen LogP contribution in [0.3, 0.4) is 0 Å². The number of amides is 2. The molecule has 1 aromatic rings. The van der Waals surface area contributed by atoms with Crippen molar-refractivity contribution in [3.05, 3.63) is 34.9 Å². The Morgan fingerprint density at radius 3 is 2.56 bits per heavy atom. The van der Waals surface area contributed by atoms with Gasteiger partial charge < -0.3 is 10.6 Å². The molecule has 0 fully saturated rings. The molecule has 0 bridgehead atoms. The van der Waals surface area contributed by atoms with Crippen LogP contribution in [0.15, 0.2) is 18.2 Å². The number of carbonyl (C=O) groups excluding carboxylic acids is 1. The molecular weight excluding hydrogens is 200 g/mol. The Kier molecular flexibility index (Phi) is 4.35. The van der Waals surface area contributed by atoms with Gasteiger partial charge in [0.2, 0.25) is 0 Å². The Bertz CT molecular complexity index is 372. The van der Waals surface area contributed by atoms with Gasteiger partial charge in [0, 0.05) is 12.6 Å². The Morgan fingerprint density at radius 1 is 1.31 bits per heavy atom. The first-order valence-corrected chi connectivity index (χ1v) is 5.59. The first kappa shape index (κ1) is 12.6. The molecule has 88 valence electrons. The number of benzene rings is 1. The van der Waals surface area contributed by atoms with Crippen molar-refractivity contribution in [2.24, 2.45) is 0 Å². The first-order valence-electron chi connectivity index (χ1n) is 5.59. The van der Waals surface area contributed by atoms with Gasteiger partial charge in [0.15, 0.2) is 0 Å². The molecule has 0 aromatic heterocycles. The fourth-order valence-corrected chi connectivity index (χ4v) is 1.53. The number of hydrogen-bond donors (Lipinski definition) is 2. The molecule has 0 spiro atoms. The van der Waals surface area contributed by atoms with E-state index in [9.17, 15) is 4.79 Å². The zero-order valence-corrected chi connectivity index (χ0v) is 10.4. The van der Waals surface area contributed by atoms with Gasteiger partial charge in [-0.05, 0) is 38.8 Å². The zero-order valence-electron chi connectivity index (χ0n) is 10.4. The predicted molar refractivity (Wildman–Crippen MR) is 66.4 cm³/mol. The molecule has 0 saturated carbocycles. The Hall–Kier alpha value is -1.51. The second-order valence-corrected chi connectivity index (χ2v) is 4.41. The highest BCUT2D eigenvalue weighted by atomic mass is 16.2. The molecule has 0 radical (unpaired) electrons. The molecule has 1 rings (SSSR count). The van der Waals surface area contributed by atoms with E-state index in [2.05, 4.69) is 42.7 Å². The quantitative estimate of drug-likeness (QED) is 0.807. The molecule has 0 atom stereocenters. The van der Waals surface area contributed by atoms with Gasteiger partial charge in [-0.25, -0.2) is 4.79 Å². The normalized spacial score (nSPS) is 10.3. The van der Waals surface area contributed by atoms with Crippen molar-refractivity contribution < 1.29 is 4.79 Å². The number of hydrogen-bond acceptors (Lipinski definition) is 1. The van der Waals surface area contributed by atoms with E-state index in [1.165, 1.54) is 11.1 Å². The second-order valence-electron chi connectivity index (χ2n) is 4.41. The minimum atomic E-state index is -0.116. The molecule has 16 heavy (non-hydrogen) atoms. The Labute approximate surface area is 97.2 Å². The van der Waals surface area contributed by atoms with Crippen LogP contribution in [0.2, 0.25) is 0 Å². The van der Waals surface area contributed by atoms with Crippen molar-refractivity contribution in [1.29, 1.82) is 0 Å². The highest BCUT2D eigenvalue weighted by Crippen LogP contribution is 2.09. The highest BCUT2D eigenvalue weighted by Gasteiger charge is 2.03. The molecule has 1 aromatic carbocycles. The van der Waals surface area contributed by atoms with E-state index >= 15 is 0 Å². The van der Waals surface area contributed by atoms with Gasteiger partial charge in [0.05, 0.1) is 0 Å². The average Bonchev–Trinajstić information content (AvgIpc) is 2.15. The van der Waals surface area contributed by atoms with Gasteiger partial charge in [0.25, 0.3) is 0 Å². The van der Waals surface area contributed by atoms with Crippen LogP contribution in [-0.4, -0.2) is 12.1 Å². The average molecular weight is 220 g/mol. The molecule has 3 nitrogen and oxygen atoms in total. The summed E-state index contributed by atoms with van der Waals surface area (Å²) in [6, 6.07) is 6.29. The summed E-state index contributed by atoms with van der Waals surface area (Å²) in [6.07, 6.45) is 0. The van der Waals surface area contributed by atoms with E-state index in [1.54, 1.807) is 0 Å². The lowest BCUT2D eigenvalue weighted by atomic mass is 10.1. The van der Waals surface area contributed by atoms with Crippen molar-refractivity contribution in [2.75, 3.05) is 0 Å². The smallest absolute Gasteiger partial charge is 0.315 e. The van der Waals surface area contributed by atoms with Crippen LogP contribution in [0.1, 0.15) is 30.5 Å². The maximum Gasteiger partial charge on any atom is 0.315 e. The molecular formula is C13H20N2O. The molecule has 0 saturated heterocycles. The van der Waals surface area contributed by atoms with Crippen LogP contribution in [-0.2, 0) is 6.54 Å². The lowest BCUT2D eigenvalue weighted by Gasteiger charge is -2.11. The number of carbonyl (C=O) groups is 1. The maximum absolute atomic E-state index is 11.4. The van der Waals surface area contributed by atoms with Crippen LogP contribution in [0, 0.1) is 13.8 Å². The van der Waals surface area contributed by atoms with Gasteiger partial charge in [-0.15, -0.1) is 0 Å². The van der Waals surface area contributed by atoms with Crippen LogP contribution < -0.4 is 10.6 Å². The summed E-state index contributed by atoms with van der Waals surface area (Å²) >= 11 is 0. The summed E-state index contributed by atoms with van der Waals surface area (Å²) in [5, 5.41) is 5.63. The van der Waals surface area contributed by atoms with Gasteiger partial charge in [-0.2, -0.15) is 0 Å². The number of aryl methyl sites for hydroxylation is 2.